The van der Waals surface area contributed by atoms with Crippen LogP contribution in [0.5, 0.6) is 11.5 Å². The van der Waals surface area contributed by atoms with E-state index in [1.54, 1.807) is 29.8 Å². The Hall–Kier alpha value is -5.74. The third-order valence-corrected chi connectivity index (χ3v) is 6.87. The summed E-state index contributed by atoms with van der Waals surface area (Å²) in [5.74, 6) is 1.06. The average molecular weight is 722 g/mol. The third-order valence-electron chi connectivity index (χ3n) is 6.78. The number of alkyl halides is 9. The first kappa shape index (κ1) is 35.6. The summed E-state index contributed by atoms with van der Waals surface area (Å²) in [6.45, 7) is 0. The second-order valence-electron chi connectivity index (χ2n) is 10.2. The van der Waals surface area contributed by atoms with Gasteiger partial charge in [-0.05, 0) is 78.9 Å². The molecule has 0 unspecified atom stereocenters. The highest BCUT2D eigenvalue weighted by Crippen LogP contribution is 2.33. The highest BCUT2D eigenvalue weighted by molar-refractivity contribution is 7.78. The molecular formula is C32H20F9N7OS. The number of benzene rings is 3. The van der Waals surface area contributed by atoms with Gasteiger partial charge in [-0.2, -0.15) is 44.5 Å². The van der Waals surface area contributed by atoms with E-state index in [1.165, 1.54) is 42.6 Å². The van der Waals surface area contributed by atoms with Gasteiger partial charge in [-0.25, -0.2) is 9.97 Å². The van der Waals surface area contributed by atoms with Crippen LogP contribution in [0, 0.1) is 0 Å². The summed E-state index contributed by atoms with van der Waals surface area (Å²) in [6.07, 6.45) is -11.2. The van der Waals surface area contributed by atoms with Crippen molar-refractivity contribution in [1.29, 1.82) is 0 Å². The molecule has 2 N–H and O–H groups in total. The maximum absolute atomic E-state index is 12.9. The van der Waals surface area contributed by atoms with Gasteiger partial charge < -0.3 is 19.6 Å². The molecule has 3 aromatic heterocycles. The molecule has 0 radical (unpaired) electrons. The van der Waals surface area contributed by atoms with Crippen molar-refractivity contribution in [3.05, 3.63) is 108 Å². The minimum atomic E-state index is -4.56. The van der Waals surface area contributed by atoms with E-state index in [2.05, 4.69) is 47.6 Å². The lowest BCUT2D eigenvalue weighted by Crippen LogP contribution is -2.05. The highest BCUT2D eigenvalue weighted by atomic mass is 32.1. The number of imidazole rings is 2. The lowest BCUT2D eigenvalue weighted by molar-refractivity contribution is -0.141. The number of nitrogens with one attached hydrogen (secondary N) is 2. The van der Waals surface area contributed by atoms with Crippen molar-refractivity contribution in [2.75, 3.05) is 5.32 Å². The van der Waals surface area contributed by atoms with Crippen LogP contribution >= 0.6 is 12.2 Å². The first-order valence-electron chi connectivity index (χ1n) is 13.9. The summed E-state index contributed by atoms with van der Waals surface area (Å²) >= 11 is 4.30. The first-order valence-corrected chi connectivity index (χ1v) is 14.3. The van der Waals surface area contributed by atoms with Crippen LogP contribution in [0.3, 0.4) is 0 Å². The summed E-state index contributed by atoms with van der Waals surface area (Å²) in [5.41, 5.74) is -0.210. The minimum absolute atomic E-state index is 0.0584. The second-order valence-corrected chi connectivity index (χ2v) is 10.4. The van der Waals surface area contributed by atoms with E-state index in [1.807, 2.05) is 0 Å². The van der Waals surface area contributed by atoms with Crippen LogP contribution in [0.4, 0.5) is 56.8 Å². The van der Waals surface area contributed by atoms with E-state index >= 15 is 0 Å². The molecule has 8 nitrogen and oxygen atoms in total. The SMILES string of the molecule is Cn1c(Nc2ccc(C(F)(F)F)cc2)nc2cc(Oc3ccnc(-c4ncc(C(F)(F)F)[nH]4)c3)ccc21.FC(F)(F)c1ccc(N=C=S)cc1. The quantitative estimate of drug-likeness (QED) is 0.101. The molecule has 258 valence electrons. The van der Waals surface area contributed by atoms with Gasteiger partial charge in [0.1, 0.15) is 22.9 Å². The smallest absolute Gasteiger partial charge is 0.432 e. The van der Waals surface area contributed by atoms with Crippen molar-refractivity contribution in [2.45, 2.75) is 18.5 Å². The van der Waals surface area contributed by atoms with Gasteiger partial charge in [0.05, 0.1) is 39.2 Å². The molecule has 0 spiro atoms. The predicted molar refractivity (Wildman–Crippen MR) is 168 cm³/mol. The highest BCUT2D eigenvalue weighted by Gasteiger charge is 2.33. The topological polar surface area (TPSA) is 93.0 Å². The van der Waals surface area contributed by atoms with Crippen LogP contribution < -0.4 is 10.1 Å². The van der Waals surface area contributed by atoms with Crippen LogP contribution in [0.1, 0.15) is 16.8 Å². The van der Waals surface area contributed by atoms with E-state index in [-0.39, 0.29) is 11.5 Å². The monoisotopic (exact) mass is 721 g/mol. The molecule has 6 rings (SSSR count). The number of aryl methyl sites for hydroxylation is 1. The Labute approximate surface area is 281 Å². The van der Waals surface area contributed by atoms with Crippen molar-refractivity contribution in [1.82, 2.24) is 24.5 Å². The zero-order valence-electron chi connectivity index (χ0n) is 25.1. The van der Waals surface area contributed by atoms with Gasteiger partial charge in [-0.3, -0.25) is 4.98 Å². The first-order chi connectivity index (χ1) is 23.5. The van der Waals surface area contributed by atoms with Gasteiger partial charge in [0.25, 0.3) is 0 Å². The number of anilines is 2. The molecule has 0 aliphatic rings. The molecule has 0 aliphatic carbocycles. The molecule has 50 heavy (non-hydrogen) atoms. The van der Waals surface area contributed by atoms with E-state index in [0.717, 1.165) is 29.8 Å². The molecule has 0 saturated heterocycles. The number of aromatic nitrogens is 5. The Morgan fingerprint density at radius 2 is 1.40 bits per heavy atom. The van der Waals surface area contributed by atoms with Gasteiger partial charge in [0, 0.05) is 31.1 Å². The number of hydrogen-bond donors (Lipinski definition) is 2. The molecule has 0 saturated carbocycles. The van der Waals surface area contributed by atoms with Crippen molar-refractivity contribution in [3.8, 4) is 23.0 Å². The fourth-order valence-electron chi connectivity index (χ4n) is 4.34. The van der Waals surface area contributed by atoms with Gasteiger partial charge >= 0.3 is 18.5 Å². The number of nitrogens with zero attached hydrogens (tertiary/aromatic N) is 5. The average Bonchev–Trinajstić information content (AvgIpc) is 3.67. The molecule has 6 aromatic rings. The maximum Gasteiger partial charge on any atom is 0.432 e. The number of aliphatic imine (C=N–C) groups is 1. The molecule has 0 bridgehead atoms. The second kappa shape index (κ2) is 14.0. The molecule has 3 heterocycles. The standard InChI is InChI=1S/C24H16F6N6O.C8H4F3NS/c1-36-19-7-6-15(10-17(19)34-22(36)33-14-4-2-13(3-5-14)23(25,26)27)37-16-8-9-31-18(11-16)21-32-12-20(35-21)24(28,29)30;9-8(10,11)6-1-3-7(4-2-6)12-5-13/h2-12H,1H3,(H,32,35)(H,33,34);1-4H. The lowest BCUT2D eigenvalue weighted by Gasteiger charge is -2.09. The zero-order chi connectivity index (χ0) is 36.3. The number of halogens is 9. The number of pyridine rings is 1. The van der Waals surface area contributed by atoms with Gasteiger partial charge in [0.2, 0.25) is 5.95 Å². The van der Waals surface area contributed by atoms with Crippen LogP contribution in [0.2, 0.25) is 0 Å². The minimum Gasteiger partial charge on any atom is -0.457 e. The fourth-order valence-corrected chi connectivity index (χ4v) is 4.45. The summed E-state index contributed by atoms with van der Waals surface area (Å²) in [6, 6.07) is 17.0. The Balaban J connectivity index is 0.000000315. The zero-order valence-corrected chi connectivity index (χ0v) is 25.9. The number of fused-ring (bicyclic) bond motifs is 1. The maximum atomic E-state index is 12.9. The molecule has 0 aliphatic heterocycles. The largest absolute Gasteiger partial charge is 0.457 e. The molecule has 0 atom stereocenters. The van der Waals surface area contributed by atoms with Crippen LogP contribution in [0.25, 0.3) is 22.6 Å². The number of rotatable bonds is 6. The number of ether oxygens (including phenoxy) is 1. The summed E-state index contributed by atoms with van der Waals surface area (Å²) < 4.78 is 121. The van der Waals surface area contributed by atoms with Gasteiger partial charge in [-0.1, -0.05) is 0 Å². The van der Waals surface area contributed by atoms with Crippen molar-refractivity contribution in [3.63, 3.8) is 0 Å². The Morgan fingerprint density at radius 1 is 0.780 bits per heavy atom. The van der Waals surface area contributed by atoms with Gasteiger partial charge in [0.15, 0.2) is 5.82 Å². The summed E-state index contributed by atoms with van der Waals surface area (Å²) in [4.78, 5) is 18.0. The van der Waals surface area contributed by atoms with Crippen LogP contribution in [-0.4, -0.2) is 29.7 Å². The third kappa shape index (κ3) is 8.64. The van der Waals surface area contributed by atoms with Crippen LogP contribution in [-0.2, 0) is 25.6 Å². The number of hydrogen-bond acceptors (Lipinski definition) is 7. The van der Waals surface area contributed by atoms with E-state index < -0.39 is 35.3 Å². The van der Waals surface area contributed by atoms with Crippen LogP contribution in [0.15, 0.2) is 96.2 Å². The Kier molecular flexibility index (Phi) is 9.96. The molecule has 3 aromatic carbocycles. The number of thiocarbonyl (C=S) groups is 1. The lowest BCUT2D eigenvalue weighted by atomic mass is 10.2. The normalized spacial score (nSPS) is 11.8. The van der Waals surface area contributed by atoms with E-state index in [0.29, 0.717) is 40.5 Å². The van der Waals surface area contributed by atoms with Crippen molar-refractivity contribution in [2.24, 2.45) is 12.0 Å². The molecule has 18 heteroatoms. The van der Waals surface area contributed by atoms with Gasteiger partial charge in [-0.15, -0.1) is 0 Å². The number of H-pyrrole nitrogens is 1. The molecule has 0 fully saturated rings. The predicted octanol–water partition coefficient (Wildman–Crippen LogP) is 10.4. The number of aromatic amines is 1. The molecule has 0 amide bonds. The summed E-state index contributed by atoms with van der Waals surface area (Å²) in [5, 5.41) is 5.06. The van der Waals surface area contributed by atoms with E-state index in [9.17, 15) is 39.5 Å². The molecular weight excluding hydrogens is 701 g/mol. The Morgan fingerprint density at radius 3 is 1.98 bits per heavy atom. The van der Waals surface area contributed by atoms with Crippen molar-refractivity contribution < 1.29 is 44.3 Å². The fraction of sp³-hybridized carbons (Fsp3) is 0.125. The van der Waals surface area contributed by atoms with E-state index in [4.69, 9.17) is 4.74 Å². The van der Waals surface area contributed by atoms with Crippen molar-refractivity contribution >= 4 is 45.7 Å². The number of isothiocyanates is 1. The Bertz CT molecular complexity index is 2150. The summed E-state index contributed by atoms with van der Waals surface area (Å²) in [7, 11) is 1.75.